The van der Waals surface area contributed by atoms with Crippen LogP contribution in [0.25, 0.3) is 5.69 Å². The number of carbonyl (C=O) groups excluding carboxylic acids is 1. The first-order valence-electron chi connectivity index (χ1n) is 11.3. The van der Waals surface area contributed by atoms with Crippen molar-refractivity contribution in [1.29, 1.82) is 0 Å². The van der Waals surface area contributed by atoms with Gasteiger partial charge < -0.3 is 14.9 Å². The van der Waals surface area contributed by atoms with Crippen LogP contribution in [0.15, 0.2) is 36.7 Å². The predicted octanol–water partition coefficient (Wildman–Crippen LogP) is 2.87. The molecule has 12 heteroatoms. The third-order valence-corrected chi connectivity index (χ3v) is 6.73. The number of hydrogen-bond acceptors (Lipinski definition) is 6. The summed E-state index contributed by atoms with van der Waals surface area (Å²) in [7, 11) is 0. The third kappa shape index (κ3) is 3.71. The van der Waals surface area contributed by atoms with E-state index in [4.69, 9.17) is 0 Å². The Morgan fingerprint density at radius 3 is 2.25 bits per heavy atom. The molecule has 0 radical (unpaired) electrons. The van der Waals surface area contributed by atoms with Crippen LogP contribution in [0.5, 0.6) is 0 Å². The van der Waals surface area contributed by atoms with Gasteiger partial charge >= 0.3 is 0 Å². The summed E-state index contributed by atoms with van der Waals surface area (Å²) in [6.07, 6.45) is 2.71. The molecule has 2 aliphatic heterocycles. The molecule has 1 amide bonds. The number of carbonyl (C=O) groups is 1. The number of nitrogens with zero attached hydrogens (tertiary/aromatic N) is 6. The van der Waals surface area contributed by atoms with E-state index in [2.05, 4.69) is 15.2 Å². The van der Waals surface area contributed by atoms with Crippen molar-refractivity contribution in [1.82, 2.24) is 24.9 Å². The first-order valence-corrected chi connectivity index (χ1v) is 11.3. The normalized spacial score (nSPS) is 23.9. The van der Waals surface area contributed by atoms with E-state index in [1.807, 2.05) is 0 Å². The zero-order valence-electron chi connectivity index (χ0n) is 19.8. The highest BCUT2D eigenvalue weighted by Crippen LogP contribution is 2.46. The number of aryl methyl sites for hydroxylation is 1. The fourth-order valence-corrected chi connectivity index (χ4v) is 4.89. The average Bonchev–Trinajstić information content (AvgIpc) is 3.46. The van der Waals surface area contributed by atoms with Gasteiger partial charge in [0.25, 0.3) is 5.91 Å². The predicted molar refractivity (Wildman–Crippen MR) is 121 cm³/mol. The number of aliphatic hydroxyl groups is 1. The van der Waals surface area contributed by atoms with Gasteiger partial charge in [-0.05, 0) is 44.5 Å². The minimum Gasteiger partial charge on any atom is -0.384 e. The van der Waals surface area contributed by atoms with Crippen molar-refractivity contribution in [2.45, 2.75) is 37.7 Å². The van der Waals surface area contributed by atoms with Crippen LogP contribution in [-0.4, -0.2) is 73.4 Å². The zero-order valence-corrected chi connectivity index (χ0v) is 19.8. The first-order chi connectivity index (χ1) is 16.8. The highest BCUT2D eigenvalue weighted by molar-refractivity contribution is 5.98. The van der Waals surface area contributed by atoms with E-state index in [1.54, 1.807) is 0 Å². The lowest BCUT2D eigenvalue weighted by molar-refractivity contribution is 0.0491. The van der Waals surface area contributed by atoms with Crippen molar-refractivity contribution in [2.24, 2.45) is 0 Å². The maximum absolute atomic E-state index is 16.0. The number of amides is 1. The van der Waals surface area contributed by atoms with E-state index >= 15 is 8.78 Å². The van der Waals surface area contributed by atoms with E-state index in [0.29, 0.717) is 0 Å². The van der Waals surface area contributed by atoms with Crippen molar-refractivity contribution >= 4 is 11.7 Å². The minimum absolute atomic E-state index is 0.0506. The van der Waals surface area contributed by atoms with Gasteiger partial charge in [0.2, 0.25) is 0 Å². The number of hydrogen-bond donors (Lipinski definition) is 1. The Bertz CT molecular complexity index is 1330. The smallest absolute Gasteiger partial charge is 0.259 e. The molecular formula is C24H24F4N6O2. The third-order valence-electron chi connectivity index (χ3n) is 6.73. The molecule has 2 aromatic heterocycles. The summed E-state index contributed by atoms with van der Waals surface area (Å²) >= 11 is 0. The molecule has 1 N–H and O–H groups in total. The van der Waals surface area contributed by atoms with E-state index in [1.165, 1.54) is 56.3 Å². The Morgan fingerprint density at radius 1 is 1.06 bits per heavy atom. The van der Waals surface area contributed by atoms with Crippen LogP contribution < -0.4 is 4.90 Å². The number of halogens is 4. The summed E-state index contributed by atoms with van der Waals surface area (Å²) < 4.78 is 61.4. The Balaban J connectivity index is 1.43. The molecule has 190 valence electrons. The Labute approximate surface area is 204 Å². The highest BCUT2D eigenvalue weighted by atomic mass is 19.2. The van der Waals surface area contributed by atoms with Gasteiger partial charge in [0, 0.05) is 0 Å². The summed E-state index contributed by atoms with van der Waals surface area (Å²) in [6, 6.07) is 5.27. The van der Waals surface area contributed by atoms with Gasteiger partial charge in [-0.3, -0.25) is 4.79 Å². The molecule has 0 bridgehead atoms. The second kappa shape index (κ2) is 7.99. The maximum Gasteiger partial charge on any atom is 0.259 e. The Morgan fingerprint density at radius 2 is 1.67 bits per heavy atom. The molecule has 8 nitrogen and oxygen atoms in total. The fourth-order valence-electron chi connectivity index (χ4n) is 4.89. The van der Waals surface area contributed by atoms with E-state index in [0.717, 1.165) is 15.8 Å². The van der Waals surface area contributed by atoms with E-state index in [9.17, 15) is 18.7 Å². The van der Waals surface area contributed by atoms with Gasteiger partial charge in [-0.15, -0.1) is 0 Å². The van der Waals surface area contributed by atoms with Crippen molar-refractivity contribution < 1.29 is 27.5 Å². The van der Waals surface area contributed by atoms with Crippen LogP contribution in [0.1, 0.15) is 35.5 Å². The number of alkyl halides is 2. The molecule has 2 fully saturated rings. The molecule has 0 aliphatic carbocycles. The van der Waals surface area contributed by atoms with Gasteiger partial charge in [-0.2, -0.15) is 15.0 Å². The SMILES string of the molecule is Cc1cc(N2C[C@]3(F)CN(C(=O)c4c(F)cccc4-n4nccn4)C[C@]3(F)C2)nc(C(C)(C)O)c1F. The Hall–Kier alpha value is -3.54. The first kappa shape index (κ1) is 24.2. The quantitative estimate of drug-likeness (QED) is 0.550. The lowest BCUT2D eigenvalue weighted by atomic mass is 9.94. The largest absolute Gasteiger partial charge is 0.384 e. The zero-order chi connectivity index (χ0) is 26.0. The topological polar surface area (TPSA) is 87.4 Å². The standard InChI is InChI=1S/C24H24F4N6O2/c1-14-9-17(31-20(19(14)26)22(2,3)36)32-10-23(27)12-33(13-24(23,28)11-32)21(35)18-15(25)5-4-6-16(18)34-29-7-8-30-34/h4-9,36H,10-13H2,1-3H3/t23-,24+. The number of benzene rings is 1. The molecule has 0 unspecified atom stereocenters. The summed E-state index contributed by atoms with van der Waals surface area (Å²) in [5.74, 6) is -2.32. The molecule has 2 atom stereocenters. The maximum atomic E-state index is 16.0. The molecule has 1 aromatic carbocycles. The number of anilines is 1. The van der Waals surface area contributed by atoms with Crippen LogP contribution in [0.3, 0.4) is 0 Å². The lowest BCUT2D eigenvalue weighted by Gasteiger charge is -2.26. The van der Waals surface area contributed by atoms with Crippen molar-refractivity contribution in [3.05, 3.63) is 65.1 Å². The highest BCUT2D eigenvalue weighted by Gasteiger charge is 2.66. The number of likely N-dealkylation sites (tertiary alicyclic amines) is 1. The Kier molecular flexibility index (Phi) is 5.36. The second-order valence-corrected chi connectivity index (χ2v) is 9.92. The lowest BCUT2D eigenvalue weighted by Crippen LogP contribution is -2.44. The van der Waals surface area contributed by atoms with E-state index in [-0.39, 0.29) is 28.3 Å². The van der Waals surface area contributed by atoms with E-state index < -0.39 is 60.7 Å². The van der Waals surface area contributed by atoms with Crippen LogP contribution in [0.4, 0.5) is 23.4 Å². The monoisotopic (exact) mass is 504 g/mol. The van der Waals surface area contributed by atoms with Gasteiger partial charge in [0.05, 0.1) is 38.6 Å². The molecular weight excluding hydrogens is 480 g/mol. The van der Waals surface area contributed by atoms with Gasteiger partial charge in [-0.25, -0.2) is 22.5 Å². The van der Waals surface area contributed by atoms with Crippen LogP contribution >= 0.6 is 0 Å². The summed E-state index contributed by atoms with van der Waals surface area (Å²) in [5.41, 5.74) is -6.95. The molecule has 0 saturated carbocycles. The molecule has 5 rings (SSSR count). The summed E-state index contributed by atoms with van der Waals surface area (Å²) in [5, 5.41) is 18.1. The average molecular weight is 504 g/mol. The summed E-state index contributed by atoms with van der Waals surface area (Å²) in [4.78, 5) is 20.8. The van der Waals surface area contributed by atoms with Gasteiger partial charge in [0.1, 0.15) is 34.2 Å². The van der Waals surface area contributed by atoms with Crippen molar-refractivity contribution in [3.8, 4) is 5.69 Å². The number of rotatable bonds is 4. The molecule has 4 heterocycles. The number of fused-ring (bicyclic) bond motifs is 1. The van der Waals surface area contributed by atoms with Crippen molar-refractivity contribution in [3.63, 3.8) is 0 Å². The summed E-state index contributed by atoms with van der Waals surface area (Å²) in [6.45, 7) is 2.07. The number of aromatic nitrogens is 4. The van der Waals surface area contributed by atoms with Gasteiger partial charge in [0.15, 0.2) is 17.2 Å². The number of pyridine rings is 1. The fraction of sp³-hybridized carbons (Fsp3) is 0.417. The van der Waals surface area contributed by atoms with Crippen LogP contribution in [0, 0.1) is 18.6 Å². The second-order valence-electron chi connectivity index (χ2n) is 9.92. The molecule has 3 aromatic rings. The van der Waals surface area contributed by atoms with Crippen LogP contribution in [-0.2, 0) is 5.60 Å². The molecule has 0 spiro atoms. The van der Waals surface area contributed by atoms with Gasteiger partial charge in [-0.1, -0.05) is 6.07 Å². The van der Waals surface area contributed by atoms with Crippen LogP contribution in [0.2, 0.25) is 0 Å². The molecule has 2 saturated heterocycles. The minimum atomic E-state index is -2.48. The molecule has 2 aliphatic rings. The molecule has 36 heavy (non-hydrogen) atoms. The van der Waals surface area contributed by atoms with Crippen molar-refractivity contribution in [2.75, 3.05) is 31.1 Å².